The average molecular weight is 289 g/mol. The highest BCUT2D eigenvalue weighted by molar-refractivity contribution is 6.39. The smallest absolute Gasteiger partial charge is 0.127 e. The predicted octanol–water partition coefficient (Wildman–Crippen LogP) is 4.60. The first-order chi connectivity index (χ1) is 8.45. The van der Waals surface area contributed by atoms with Gasteiger partial charge in [-0.15, -0.1) is 0 Å². The normalized spacial score (nSPS) is 10.4. The van der Waals surface area contributed by atoms with Gasteiger partial charge in [-0.1, -0.05) is 23.2 Å². The summed E-state index contributed by atoms with van der Waals surface area (Å²) in [6.07, 6.45) is 0. The van der Waals surface area contributed by atoms with Gasteiger partial charge in [0.15, 0.2) is 0 Å². The topological polar surface area (TPSA) is 38.0 Å². The molecule has 18 heavy (non-hydrogen) atoms. The van der Waals surface area contributed by atoms with Crippen LogP contribution in [0.4, 0.5) is 25.8 Å². The highest BCUT2D eigenvalue weighted by atomic mass is 35.5. The van der Waals surface area contributed by atoms with Crippen molar-refractivity contribution in [1.29, 1.82) is 0 Å². The summed E-state index contributed by atoms with van der Waals surface area (Å²) in [6.45, 7) is 0. The molecule has 0 radical (unpaired) electrons. The van der Waals surface area contributed by atoms with Crippen LogP contribution in [0.25, 0.3) is 0 Å². The molecule has 0 aliphatic heterocycles. The Kier molecular flexibility index (Phi) is 3.59. The standard InChI is InChI=1S/C12H8Cl2F2N2/c13-10-3-7(16)4-11(14)12(10)18-9-2-6(15)1-8(17)5-9/h1-5,18H,17H2. The third-order valence-corrected chi connectivity index (χ3v) is 2.79. The van der Waals surface area contributed by atoms with Crippen LogP contribution in [-0.4, -0.2) is 0 Å². The Bertz CT molecular complexity index is 559. The first-order valence-corrected chi connectivity index (χ1v) is 5.69. The van der Waals surface area contributed by atoms with Crippen molar-refractivity contribution >= 4 is 40.3 Å². The Hall–Kier alpha value is -1.52. The summed E-state index contributed by atoms with van der Waals surface area (Å²) in [5.74, 6) is -1.04. The molecule has 2 aromatic carbocycles. The van der Waals surface area contributed by atoms with E-state index in [-0.39, 0.29) is 15.7 Å². The summed E-state index contributed by atoms with van der Waals surface area (Å²) >= 11 is 11.7. The molecule has 0 atom stereocenters. The van der Waals surface area contributed by atoms with E-state index in [9.17, 15) is 8.78 Å². The van der Waals surface area contributed by atoms with Crippen molar-refractivity contribution in [3.63, 3.8) is 0 Å². The molecule has 0 amide bonds. The minimum Gasteiger partial charge on any atom is -0.399 e. The lowest BCUT2D eigenvalue weighted by atomic mass is 10.2. The Morgan fingerprint density at radius 1 is 0.889 bits per heavy atom. The van der Waals surface area contributed by atoms with Crippen molar-refractivity contribution < 1.29 is 8.78 Å². The number of halogens is 4. The van der Waals surface area contributed by atoms with Crippen molar-refractivity contribution in [1.82, 2.24) is 0 Å². The van der Waals surface area contributed by atoms with Gasteiger partial charge in [-0.25, -0.2) is 8.78 Å². The molecule has 6 heteroatoms. The van der Waals surface area contributed by atoms with Crippen LogP contribution < -0.4 is 11.1 Å². The van der Waals surface area contributed by atoms with Crippen LogP contribution >= 0.6 is 23.2 Å². The number of anilines is 3. The van der Waals surface area contributed by atoms with Gasteiger partial charge < -0.3 is 11.1 Å². The quantitative estimate of drug-likeness (QED) is 0.793. The van der Waals surface area contributed by atoms with E-state index in [1.165, 1.54) is 18.2 Å². The number of nitrogens with two attached hydrogens (primary N) is 1. The van der Waals surface area contributed by atoms with E-state index in [0.29, 0.717) is 11.4 Å². The van der Waals surface area contributed by atoms with Crippen LogP contribution in [0.5, 0.6) is 0 Å². The second-order valence-electron chi connectivity index (χ2n) is 3.64. The molecule has 0 aliphatic carbocycles. The van der Waals surface area contributed by atoms with Crippen molar-refractivity contribution in [2.24, 2.45) is 0 Å². The maximum Gasteiger partial charge on any atom is 0.127 e. The molecular formula is C12H8Cl2F2N2. The van der Waals surface area contributed by atoms with E-state index >= 15 is 0 Å². The molecule has 0 saturated carbocycles. The predicted molar refractivity (Wildman–Crippen MR) is 70.5 cm³/mol. The monoisotopic (exact) mass is 288 g/mol. The van der Waals surface area contributed by atoms with E-state index in [2.05, 4.69) is 5.32 Å². The van der Waals surface area contributed by atoms with Gasteiger partial charge in [-0.2, -0.15) is 0 Å². The lowest BCUT2D eigenvalue weighted by molar-refractivity contribution is 0.627. The van der Waals surface area contributed by atoms with Gasteiger partial charge in [0.05, 0.1) is 15.7 Å². The zero-order valence-electron chi connectivity index (χ0n) is 8.98. The molecule has 2 rings (SSSR count). The summed E-state index contributed by atoms with van der Waals surface area (Å²) in [5.41, 5.74) is 6.44. The number of nitrogen functional groups attached to an aromatic ring is 1. The fourth-order valence-corrected chi connectivity index (χ4v) is 2.05. The second-order valence-corrected chi connectivity index (χ2v) is 4.46. The Morgan fingerprint density at radius 3 is 2.00 bits per heavy atom. The van der Waals surface area contributed by atoms with Gasteiger partial charge in [-0.3, -0.25) is 0 Å². The molecule has 94 valence electrons. The van der Waals surface area contributed by atoms with Gasteiger partial charge in [0.2, 0.25) is 0 Å². The van der Waals surface area contributed by atoms with Gasteiger partial charge in [-0.05, 0) is 30.3 Å². The summed E-state index contributed by atoms with van der Waals surface area (Å²) < 4.78 is 26.1. The molecule has 0 aliphatic rings. The molecule has 0 aromatic heterocycles. The van der Waals surface area contributed by atoms with Crippen LogP contribution in [0.1, 0.15) is 0 Å². The molecule has 0 saturated heterocycles. The fraction of sp³-hybridized carbons (Fsp3) is 0. The van der Waals surface area contributed by atoms with Gasteiger partial charge in [0.1, 0.15) is 11.6 Å². The highest BCUT2D eigenvalue weighted by Gasteiger charge is 2.09. The van der Waals surface area contributed by atoms with Gasteiger partial charge >= 0.3 is 0 Å². The maximum atomic E-state index is 13.1. The lowest BCUT2D eigenvalue weighted by Crippen LogP contribution is -1.96. The molecule has 3 N–H and O–H groups in total. The zero-order chi connectivity index (χ0) is 13.3. The SMILES string of the molecule is Nc1cc(F)cc(Nc2c(Cl)cc(F)cc2Cl)c1. The van der Waals surface area contributed by atoms with Crippen molar-refractivity contribution in [3.05, 3.63) is 52.0 Å². The van der Waals surface area contributed by atoms with E-state index < -0.39 is 11.6 Å². The molecule has 0 heterocycles. The molecule has 0 fully saturated rings. The number of hydrogen-bond donors (Lipinski definition) is 2. The summed E-state index contributed by atoms with van der Waals surface area (Å²) in [6, 6.07) is 6.14. The third-order valence-electron chi connectivity index (χ3n) is 2.20. The van der Waals surface area contributed by atoms with Crippen molar-refractivity contribution in [2.45, 2.75) is 0 Å². The molecule has 2 aromatic rings. The molecule has 0 bridgehead atoms. The van der Waals surface area contributed by atoms with Crippen molar-refractivity contribution in [3.8, 4) is 0 Å². The first-order valence-electron chi connectivity index (χ1n) is 4.93. The van der Waals surface area contributed by atoms with Crippen LogP contribution in [0.15, 0.2) is 30.3 Å². The molecule has 0 unspecified atom stereocenters. The van der Waals surface area contributed by atoms with Crippen LogP contribution in [0.2, 0.25) is 10.0 Å². The van der Waals surface area contributed by atoms with Crippen molar-refractivity contribution in [2.75, 3.05) is 11.1 Å². The Labute approximate surface area is 112 Å². The maximum absolute atomic E-state index is 13.1. The minimum atomic E-state index is -0.547. The lowest BCUT2D eigenvalue weighted by Gasteiger charge is -2.11. The van der Waals surface area contributed by atoms with Crippen LogP contribution in [0, 0.1) is 11.6 Å². The van der Waals surface area contributed by atoms with Gasteiger partial charge in [0, 0.05) is 11.4 Å². The zero-order valence-corrected chi connectivity index (χ0v) is 10.5. The van der Waals surface area contributed by atoms with E-state index in [4.69, 9.17) is 28.9 Å². The summed E-state index contributed by atoms with van der Waals surface area (Å²) in [7, 11) is 0. The van der Waals surface area contributed by atoms with Crippen LogP contribution in [-0.2, 0) is 0 Å². The van der Waals surface area contributed by atoms with Crippen LogP contribution in [0.3, 0.4) is 0 Å². The largest absolute Gasteiger partial charge is 0.399 e. The highest BCUT2D eigenvalue weighted by Crippen LogP contribution is 2.34. The average Bonchev–Trinajstić information content (AvgIpc) is 2.22. The number of hydrogen-bond acceptors (Lipinski definition) is 2. The Morgan fingerprint density at radius 2 is 1.44 bits per heavy atom. The molecular weight excluding hydrogens is 281 g/mol. The Balaban J connectivity index is 2.40. The summed E-state index contributed by atoms with van der Waals surface area (Å²) in [4.78, 5) is 0. The molecule has 2 nitrogen and oxygen atoms in total. The third kappa shape index (κ3) is 2.83. The number of rotatable bonds is 2. The first kappa shape index (κ1) is 12.9. The number of benzene rings is 2. The van der Waals surface area contributed by atoms with Gasteiger partial charge in [0.25, 0.3) is 0 Å². The fourth-order valence-electron chi connectivity index (χ4n) is 1.49. The summed E-state index contributed by atoms with van der Waals surface area (Å²) in [5, 5.41) is 3.00. The second kappa shape index (κ2) is 5.00. The number of nitrogens with one attached hydrogen (secondary N) is 1. The van der Waals surface area contributed by atoms with E-state index in [0.717, 1.165) is 12.1 Å². The van der Waals surface area contributed by atoms with E-state index in [1.807, 2.05) is 0 Å². The minimum absolute atomic E-state index is 0.0998. The van der Waals surface area contributed by atoms with E-state index in [1.54, 1.807) is 0 Å². The molecule has 0 spiro atoms.